The molecule has 1 amide bonds. The molecule has 0 saturated carbocycles. The number of halogens is 1. The highest BCUT2D eigenvalue weighted by atomic mass is 19.1. The van der Waals surface area contributed by atoms with Crippen LogP contribution in [0.4, 0.5) is 4.39 Å². The van der Waals surface area contributed by atoms with Gasteiger partial charge in [-0.1, -0.05) is 18.2 Å². The van der Waals surface area contributed by atoms with Gasteiger partial charge in [0, 0.05) is 13.0 Å². The molecule has 0 bridgehead atoms. The summed E-state index contributed by atoms with van der Waals surface area (Å²) in [6, 6.07) is 6.22. The summed E-state index contributed by atoms with van der Waals surface area (Å²) < 4.78 is 12.6. The molecular formula is C13H16FNO. The molecule has 1 N–H and O–H groups in total. The second kappa shape index (κ2) is 6.77. The van der Waals surface area contributed by atoms with Crippen LogP contribution in [0.1, 0.15) is 18.4 Å². The Morgan fingerprint density at radius 2 is 2.06 bits per heavy atom. The monoisotopic (exact) mass is 221 g/mol. The summed E-state index contributed by atoms with van der Waals surface area (Å²) in [5.74, 6) is -0.231. The van der Waals surface area contributed by atoms with Crippen LogP contribution in [0.25, 0.3) is 0 Å². The van der Waals surface area contributed by atoms with E-state index in [1.54, 1.807) is 18.2 Å². The smallest absolute Gasteiger partial charge is 0.220 e. The van der Waals surface area contributed by atoms with Gasteiger partial charge in [-0.25, -0.2) is 4.39 Å². The van der Waals surface area contributed by atoms with E-state index in [2.05, 4.69) is 11.9 Å². The van der Waals surface area contributed by atoms with E-state index in [1.807, 2.05) is 0 Å². The van der Waals surface area contributed by atoms with Crippen molar-refractivity contribution in [3.63, 3.8) is 0 Å². The highest BCUT2D eigenvalue weighted by molar-refractivity contribution is 5.76. The first kappa shape index (κ1) is 12.4. The first-order chi connectivity index (χ1) is 7.72. The number of rotatable bonds is 6. The molecule has 0 spiro atoms. The Hall–Kier alpha value is -1.64. The summed E-state index contributed by atoms with van der Waals surface area (Å²) in [6.07, 6.45) is 3.62. The van der Waals surface area contributed by atoms with Gasteiger partial charge in [0.25, 0.3) is 0 Å². The lowest BCUT2D eigenvalue weighted by Crippen LogP contribution is -2.24. The summed E-state index contributed by atoms with van der Waals surface area (Å²) in [7, 11) is 0. The standard InChI is InChI=1S/C13H16FNO/c1-2-3-10-15-13(16)9-6-11-4-7-12(14)8-5-11/h2,4-5,7-8H,1,3,6,9-10H2,(H,15,16). The molecule has 16 heavy (non-hydrogen) atoms. The van der Waals surface area contributed by atoms with Crippen LogP contribution in [0.2, 0.25) is 0 Å². The first-order valence-electron chi connectivity index (χ1n) is 5.34. The number of nitrogens with one attached hydrogen (secondary N) is 1. The fourth-order valence-corrected chi connectivity index (χ4v) is 1.31. The third kappa shape index (κ3) is 4.73. The maximum absolute atomic E-state index is 12.6. The highest BCUT2D eigenvalue weighted by Crippen LogP contribution is 2.05. The number of benzene rings is 1. The topological polar surface area (TPSA) is 29.1 Å². The third-order valence-corrected chi connectivity index (χ3v) is 2.22. The predicted octanol–water partition coefficient (Wildman–Crippen LogP) is 2.45. The molecule has 0 aliphatic carbocycles. The SMILES string of the molecule is C=CCCNC(=O)CCc1ccc(F)cc1. The number of hydrogen-bond acceptors (Lipinski definition) is 1. The fraction of sp³-hybridized carbons (Fsp3) is 0.308. The van der Waals surface area contributed by atoms with E-state index in [0.717, 1.165) is 12.0 Å². The summed E-state index contributed by atoms with van der Waals surface area (Å²) in [4.78, 5) is 11.3. The summed E-state index contributed by atoms with van der Waals surface area (Å²) >= 11 is 0. The van der Waals surface area contributed by atoms with Gasteiger partial charge in [0.15, 0.2) is 0 Å². The van der Waals surface area contributed by atoms with Crippen LogP contribution in [-0.2, 0) is 11.2 Å². The van der Waals surface area contributed by atoms with Crippen molar-refractivity contribution < 1.29 is 9.18 Å². The van der Waals surface area contributed by atoms with E-state index < -0.39 is 0 Å². The molecule has 1 rings (SSSR count). The molecule has 3 heteroatoms. The molecule has 0 aliphatic rings. The van der Waals surface area contributed by atoms with Gasteiger partial charge in [-0.15, -0.1) is 6.58 Å². The second-order valence-electron chi connectivity index (χ2n) is 3.55. The Morgan fingerprint density at radius 3 is 2.69 bits per heavy atom. The normalized spacial score (nSPS) is 9.81. The highest BCUT2D eigenvalue weighted by Gasteiger charge is 2.01. The quantitative estimate of drug-likeness (QED) is 0.580. The van der Waals surface area contributed by atoms with Crippen molar-refractivity contribution in [2.45, 2.75) is 19.3 Å². The molecule has 0 fully saturated rings. The summed E-state index contributed by atoms with van der Waals surface area (Å²) in [6.45, 7) is 4.20. The lowest BCUT2D eigenvalue weighted by atomic mass is 10.1. The largest absolute Gasteiger partial charge is 0.356 e. The van der Waals surface area contributed by atoms with Crippen LogP contribution in [-0.4, -0.2) is 12.5 Å². The zero-order chi connectivity index (χ0) is 11.8. The lowest BCUT2D eigenvalue weighted by Gasteiger charge is -2.03. The average molecular weight is 221 g/mol. The lowest BCUT2D eigenvalue weighted by molar-refractivity contribution is -0.121. The zero-order valence-corrected chi connectivity index (χ0v) is 9.21. The van der Waals surface area contributed by atoms with Crippen molar-refractivity contribution >= 4 is 5.91 Å². The molecule has 0 aliphatic heterocycles. The second-order valence-corrected chi connectivity index (χ2v) is 3.55. The van der Waals surface area contributed by atoms with Gasteiger partial charge in [-0.3, -0.25) is 4.79 Å². The van der Waals surface area contributed by atoms with E-state index in [4.69, 9.17) is 0 Å². The molecule has 0 saturated heterocycles. The van der Waals surface area contributed by atoms with E-state index in [9.17, 15) is 9.18 Å². The Morgan fingerprint density at radius 1 is 1.38 bits per heavy atom. The number of carbonyl (C=O) groups excluding carboxylic acids is 1. The molecule has 0 heterocycles. The van der Waals surface area contributed by atoms with E-state index >= 15 is 0 Å². The van der Waals surface area contributed by atoms with Gasteiger partial charge in [-0.2, -0.15) is 0 Å². The van der Waals surface area contributed by atoms with Crippen LogP contribution < -0.4 is 5.32 Å². The van der Waals surface area contributed by atoms with Crippen LogP contribution >= 0.6 is 0 Å². The van der Waals surface area contributed by atoms with Crippen molar-refractivity contribution in [2.24, 2.45) is 0 Å². The van der Waals surface area contributed by atoms with Gasteiger partial charge in [-0.05, 0) is 30.5 Å². The minimum atomic E-state index is -0.251. The number of aryl methyl sites for hydroxylation is 1. The molecule has 1 aromatic rings. The van der Waals surface area contributed by atoms with E-state index in [1.165, 1.54) is 12.1 Å². The minimum absolute atomic E-state index is 0.0196. The number of carbonyl (C=O) groups is 1. The fourth-order valence-electron chi connectivity index (χ4n) is 1.31. The summed E-state index contributed by atoms with van der Waals surface area (Å²) in [5.41, 5.74) is 0.972. The molecule has 0 unspecified atom stereocenters. The zero-order valence-electron chi connectivity index (χ0n) is 9.21. The van der Waals surface area contributed by atoms with Crippen LogP contribution in [0.5, 0.6) is 0 Å². The number of amides is 1. The van der Waals surface area contributed by atoms with Crippen LogP contribution in [0.15, 0.2) is 36.9 Å². The van der Waals surface area contributed by atoms with Gasteiger partial charge >= 0.3 is 0 Å². The molecule has 0 radical (unpaired) electrons. The van der Waals surface area contributed by atoms with Crippen molar-refractivity contribution in [1.82, 2.24) is 5.32 Å². The predicted molar refractivity (Wildman–Crippen MR) is 62.5 cm³/mol. The number of hydrogen-bond donors (Lipinski definition) is 1. The molecule has 0 aromatic heterocycles. The average Bonchev–Trinajstić information content (AvgIpc) is 2.29. The maximum atomic E-state index is 12.6. The van der Waals surface area contributed by atoms with Crippen LogP contribution in [0, 0.1) is 5.82 Å². The van der Waals surface area contributed by atoms with E-state index in [-0.39, 0.29) is 11.7 Å². The third-order valence-electron chi connectivity index (χ3n) is 2.22. The van der Waals surface area contributed by atoms with Crippen molar-refractivity contribution in [3.05, 3.63) is 48.3 Å². The molecule has 2 nitrogen and oxygen atoms in total. The van der Waals surface area contributed by atoms with E-state index in [0.29, 0.717) is 19.4 Å². The van der Waals surface area contributed by atoms with Gasteiger partial charge < -0.3 is 5.32 Å². The molecule has 1 aromatic carbocycles. The summed E-state index contributed by atoms with van der Waals surface area (Å²) in [5, 5.41) is 2.78. The Kier molecular flexibility index (Phi) is 5.26. The van der Waals surface area contributed by atoms with Gasteiger partial charge in [0.2, 0.25) is 5.91 Å². The Bertz CT molecular complexity index is 345. The Labute approximate surface area is 95.2 Å². The Balaban J connectivity index is 2.26. The van der Waals surface area contributed by atoms with Crippen molar-refractivity contribution in [3.8, 4) is 0 Å². The molecular weight excluding hydrogens is 205 g/mol. The van der Waals surface area contributed by atoms with Crippen molar-refractivity contribution in [1.29, 1.82) is 0 Å². The minimum Gasteiger partial charge on any atom is -0.356 e. The molecule has 86 valence electrons. The van der Waals surface area contributed by atoms with Crippen molar-refractivity contribution in [2.75, 3.05) is 6.54 Å². The molecule has 0 atom stereocenters. The van der Waals surface area contributed by atoms with Gasteiger partial charge in [0.1, 0.15) is 5.82 Å². The maximum Gasteiger partial charge on any atom is 0.220 e. The van der Waals surface area contributed by atoms with Gasteiger partial charge in [0.05, 0.1) is 0 Å². The van der Waals surface area contributed by atoms with Crippen LogP contribution in [0.3, 0.4) is 0 Å². The first-order valence-corrected chi connectivity index (χ1v) is 5.34.